The highest BCUT2D eigenvalue weighted by molar-refractivity contribution is 4.97. The summed E-state index contributed by atoms with van der Waals surface area (Å²) in [4.78, 5) is 2.65. The fourth-order valence-corrected chi connectivity index (χ4v) is 4.23. The van der Waals surface area contributed by atoms with Crippen molar-refractivity contribution in [1.29, 1.82) is 0 Å². The Morgan fingerprint density at radius 3 is 2.44 bits per heavy atom. The molecule has 0 aromatic rings. The van der Waals surface area contributed by atoms with Crippen LogP contribution >= 0.6 is 0 Å². The Balaban J connectivity index is 1.43. The molecule has 1 heterocycles. The van der Waals surface area contributed by atoms with Gasteiger partial charge in [-0.25, -0.2) is 0 Å². The zero-order valence-corrected chi connectivity index (χ0v) is 10.3. The SMILES string of the molecule is OC1CCC(CN2CC3(CCCCC3)C2)C1. The first-order chi connectivity index (χ1) is 7.76. The predicted molar refractivity (Wildman–Crippen MR) is 65.3 cm³/mol. The fraction of sp³-hybridized carbons (Fsp3) is 1.00. The van der Waals surface area contributed by atoms with Crippen molar-refractivity contribution < 1.29 is 5.11 Å². The highest BCUT2D eigenvalue weighted by atomic mass is 16.3. The summed E-state index contributed by atoms with van der Waals surface area (Å²) in [5.74, 6) is 0.788. The minimum atomic E-state index is 0.00918. The molecule has 3 rings (SSSR count). The molecule has 1 N–H and O–H groups in total. The normalized spacial score (nSPS) is 38.8. The summed E-state index contributed by atoms with van der Waals surface area (Å²) in [6.45, 7) is 3.98. The molecule has 1 aliphatic heterocycles. The highest BCUT2D eigenvalue weighted by Crippen LogP contribution is 2.44. The van der Waals surface area contributed by atoms with Crippen molar-refractivity contribution in [1.82, 2.24) is 4.90 Å². The lowest BCUT2D eigenvalue weighted by atomic mass is 9.68. The van der Waals surface area contributed by atoms with Crippen LogP contribution in [0.3, 0.4) is 0 Å². The van der Waals surface area contributed by atoms with Gasteiger partial charge in [0.2, 0.25) is 0 Å². The lowest BCUT2D eigenvalue weighted by molar-refractivity contribution is -0.0364. The molecule has 0 bridgehead atoms. The van der Waals surface area contributed by atoms with E-state index in [4.69, 9.17) is 0 Å². The molecule has 0 aromatic heterocycles. The number of nitrogens with zero attached hydrogens (tertiary/aromatic N) is 1. The molecule has 2 nitrogen and oxygen atoms in total. The maximum atomic E-state index is 9.53. The fourth-order valence-electron chi connectivity index (χ4n) is 4.23. The van der Waals surface area contributed by atoms with Crippen LogP contribution in [-0.2, 0) is 0 Å². The average Bonchev–Trinajstić information content (AvgIpc) is 2.63. The molecule has 3 aliphatic rings. The van der Waals surface area contributed by atoms with Crippen molar-refractivity contribution in [2.24, 2.45) is 11.3 Å². The summed E-state index contributed by atoms with van der Waals surface area (Å²) < 4.78 is 0. The molecule has 0 aromatic carbocycles. The van der Waals surface area contributed by atoms with Gasteiger partial charge in [0, 0.05) is 19.6 Å². The molecule has 2 aliphatic carbocycles. The van der Waals surface area contributed by atoms with E-state index in [2.05, 4.69) is 4.90 Å². The summed E-state index contributed by atoms with van der Waals surface area (Å²) in [7, 11) is 0. The van der Waals surface area contributed by atoms with Gasteiger partial charge < -0.3 is 10.0 Å². The quantitative estimate of drug-likeness (QED) is 0.777. The number of hydrogen-bond donors (Lipinski definition) is 1. The molecule has 2 heteroatoms. The number of aliphatic hydroxyl groups excluding tert-OH is 1. The topological polar surface area (TPSA) is 23.5 Å². The van der Waals surface area contributed by atoms with Crippen LogP contribution < -0.4 is 0 Å². The molecule has 0 radical (unpaired) electrons. The summed E-state index contributed by atoms with van der Waals surface area (Å²) >= 11 is 0. The molecular formula is C14H25NO. The van der Waals surface area contributed by atoms with Gasteiger partial charge in [-0.1, -0.05) is 19.3 Å². The summed E-state index contributed by atoms with van der Waals surface area (Å²) in [5.41, 5.74) is 0.732. The van der Waals surface area contributed by atoms with E-state index in [0.29, 0.717) is 0 Å². The van der Waals surface area contributed by atoms with E-state index in [1.54, 1.807) is 0 Å². The minimum Gasteiger partial charge on any atom is -0.393 e. The molecule has 1 spiro atoms. The molecule has 3 fully saturated rings. The molecule has 16 heavy (non-hydrogen) atoms. The van der Waals surface area contributed by atoms with Crippen molar-refractivity contribution in [3.8, 4) is 0 Å². The second kappa shape index (κ2) is 4.30. The lowest BCUT2D eigenvalue weighted by Crippen LogP contribution is -2.57. The predicted octanol–water partition coefficient (Wildman–Crippen LogP) is 2.41. The van der Waals surface area contributed by atoms with Crippen LogP contribution in [0.1, 0.15) is 51.4 Å². The second-order valence-electron chi connectivity index (χ2n) is 6.56. The van der Waals surface area contributed by atoms with E-state index in [-0.39, 0.29) is 6.10 Å². The van der Waals surface area contributed by atoms with Gasteiger partial charge in [-0.05, 0) is 43.4 Å². The molecule has 0 amide bonds. The Morgan fingerprint density at radius 2 is 1.81 bits per heavy atom. The van der Waals surface area contributed by atoms with Gasteiger partial charge in [-0.3, -0.25) is 0 Å². The smallest absolute Gasteiger partial charge is 0.0543 e. The van der Waals surface area contributed by atoms with E-state index in [1.807, 2.05) is 0 Å². The van der Waals surface area contributed by atoms with Gasteiger partial charge in [0.25, 0.3) is 0 Å². The van der Waals surface area contributed by atoms with Crippen molar-refractivity contribution in [2.45, 2.75) is 57.5 Å². The highest BCUT2D eigenvalue weighted by Gasteiger charge is 2.43. The monoisotopic (exact) mass is 223 g/mol. The van der Waals surface area contributed by atoms with Crippen LogP contribution in [0.5, 0.6) is 0 Å². The number of hydrogen-bond acceptors (Lipinski definition) is 2. The number of aliphatic hydroxyl groups is 1. The summed E-state index contributed by atoms with van der Waals surface area (Å²) in [6, 6.07) is 0. The molecule has 2 unspecified atom stereocenters. The Labute approximate surface area is 99.0 Å². The first-order valence-corrected chi connectivity index (χ1v) is 7.16. The van der Waals surface area contributed by atoms with Crippen molar-refractivity contribution in [3.63, 3.8) is 0 Å². The number of likely N-dealkylation sites (tertiary alicyclic amines) is 1. The molecule has 92 valence electrons. The van der Waals surface area contributed by atoms with Gasteiger partial charge in [0.05, 0.1) is 6.10 Å². The van der Waals surface area contributed by atoms with Gasteiger partial charge in [-0.15, -0.1) is 0 Å². The molecule has 2 saturated carbocycles. The van der Waals surface area contributed by atoms with Crippen molar-refractivity contribution >= 4 is 0 Å². The first kappa shape index (κ1) is 11.0. The van der Waals surface area contributed by atoms with E-state index in [9.17, 15) is 5.11 Å². The average molecular weight is 223 g/mol. The molecule has 1 saturated heterocycles. The van der Waals surface area contributed by atoms with Crippen LogP contribution in [-0.4, -0.2) is 35.7 Å². The van der Waals surface area contributed by atoms with Gasteiger partial charge in [-0.2, -0.15) is 0 Å². The molecule has 2 atom stereocenters. The molecular weight excluding hydrogens is 198 g/mol. The van der Waals surface area contributed by atoms with Crippen LogP contribution in [0.25, 0.3) is 0 Å². The largest absolute Gasteiger partial charge is 0.393 e. The van der Waals surface area contributed by atoms with Crippen LogP contribution in [0.15, 0.2) is 0 Å². The van der Waals surface area contributed by atoms with E-state index >= 15 is 0 Å². The maximum Gasteiger partial charge on any atom is 0.0543 e. The maximum absolute atomic E-state index is 9.53. The van der Waals surface area contributed by atoms with Crippen LogP contribution in [0.4, 0.5) is 0 Å². The van der Waals surface area contributed by atoms with Gasteiger partial charge in [0.15, 0.2) is 0 Å². The zero-order valence-electron chi connectivity index (χ0n) is 10.3. The lowest BCUT2D eigenvalue weighted by Gasteiger charge is -2.53. The Morgan fingerprint density at radius 1 is 1.06 bits per heavy atom. The second-order valence-corrected chi connectivity index (χ2v) is 6.56. The van der Waals surface area contributed by atoms with Crippen LogP contribution in [0, 0.1) is 11.3 Å². The third kappa shape index (κ3) is 2.14. The Bertz CT molecular complexity index is 236. The van der Waals surface area contributed by atoms with Crippen LogP contribution in [0.2, 0.25) is 0 Å². The van der Waals surface area contributed by atoms with E-state index < -0.39 is 0 Å². The van der Waals surface area contributed by atoms with E-state index in [0.717, 1.165) is 24.2 Å². The minimum absolute atomic E-state index is 0.00918. The van der Waals surface area contributed by atoms with Crippen molar-refractivity contribution in [2.75, 3.05) is 19.6 Å². The Hall–Kier alpha value is -0.0800. The zero-order chi connectivity index (χ0) is 11.0. The van der Waals surface area contributed by atoms with E-state index in [1.165, 1.54) is 58.2 Å². The summed E-state index contributed by atoms with van der Waals surface area (Å²) in [6.07, 6.45) is 10.7. The Kier molecular flexibility index (Phi) is 2.97. The first-order valence-electron chi connectivity index (χ1n) is 7.16. The van der Waals surface area contributed by atoms with Crippen molar-refractivity contribution in [3.05, 3.63) is 0 Å². The van der Waals surface area contributed by atoms with Gasteiger partial charge >= 0.3 is 0 Å². The third-order valence-electron chi connectivity index (χ3n) is 5.06. The third-order valence-corrected chi connectivity index (χ3v) is 5.06. The number of rotatable bonds is 2. The summed E-state index contributed by atoms with van der Waals surface area (Å²) in [5, 5.41) is 9.53. The van der Waals surface area contributed by atoms with Gasteiger partial charge in [0.1, 0.15) is 0 Å². The standard InChI is InChI=1S/C14H25NO/c16-13-5-4-12(8-13)9-15-10-14(11-15)6-2-1-3-7-14/h12-13,16H,1-11H2.